The lowest BCUT2D eigenvalue weighted by molar-refractivity contribution is -0.131. The van der Waals surface area contributed by atoms with Crippen molar-refractivity contribution in [1.82, 2.24) is 14.5 Å². The van der Waals surface area contributed by atoms with E-state index in [-0.39, 0.29) is 29.0 Å². The Bertz CT molecular complexity index is 1090. The van der Waals surface area contributed by atoms with Gasteiger partial charge in [0.15, 0.2) is 14.6 Å². The van der Waals surface area contributed by atoms with Crippen LogP contribution in [0.25, 0.3) is 10.9 Å². The minimum absolute atomic E-state index is 0.0257. The highest BCUT2D eigenvalue weighted by Crippen LogP contribution is 2.18. The van der Waals surface area contributed by atoms with Crippen LogP contribution in [-0.2, 0) is 21.2 Å². The molecule has 1 fully saturated rings. The second kappa shape index (κ2) is 8.57. The number of nitrogens with zero attached hydrogens (tertiary/aromatic N) is 2. The van der Waals surface area contributed by atoms with E-state index in [9.17, 15) is 18.0 Å². The average Bonchev–Trinajstić information content (AvgIpc) is 3.02. The highest BCUT2D eigenvalue weighted by molar-refractivity contribution is 7.91. The van der Waals surface area contributed by atoms with Gasteiger partial charge in [-0.3, -0.25) is 14.2 Å². The van der Waals surface area contributed by atoms with Crippen LogP contribution in [0.2, 0.25) is 0 Å². The molecule has 0 spiro atoms. The van der Waals surface area contributed by atoms with Gasteiger partial charge in [-0.1, -0.05) is 18.6 Å². The van der Waals surface area contributed by atoms with Crippen LogP contribution in [0.1, 0.15) is 32.1 Å². The first kappa shape index (κ1) is 20.7. The number of nitrogens with one attached hydrogen (secondary N) is 1. The number of carbonyl (C=O) groups is 1. The number of fused-ring (bicyclic) bond motifs is 1. The summed E-state index contributed by atoms with van der Waals surface area (Å²) in [5, 5.41) is 0.611. The molecule has 1 aliphatic rings. The fraction of sp³-hybridized carbons (Fsp3) is 0.526. The predicted octanol–water partition coefficient (Wildman–Crippen LogP) is 2.26. The molecule has 1 aromatic heterocycles. The number of benzene rings is 1. The third kappa shape index (κ3) is 4.70. The summed E-state index contributed by atoms with van der Waals surface area (Å²) in [5.41, 5.74) is 0.633. The molecule has 1 unspecified atom stereocenters. The number of aromatic amines is 1. The van der Waals surface area contributed by atoms with Crippen molar-refractivity contribution in [3.63, 3.8) is 0 Å². The summed E-state index contributed by atoms with van der Waals surface area (Å²) in [4.78, 5) is 29.5. The van der Waals surface area contributed by atoms with Gasteiger partial charge >= 0.3 is 0 Å². The van der Waals surface area contributed by atoms with Crippen LogP contribution in [0.4, 0.5) is 0 Å². The lowest BCUT2D eigenvalue weighted by Crippen LogP contribution is -2.37. The number of H-pyrrole nitrogens is 1. The summed E-state index contributed by atoms with van der Waals surface area (Å²) in [6.45, 7) is 0.504. The van der Waals surface area contributed by atoms with E-state index in [1.807, 2.05) is 18.2 Å². The molecule has 7 nitrogen and oxygen atoms in total. The van der Waals surface area contributed by atoms with Crippen LogP contribution >= 0.6 is 12.2 Å². The van der Waals surface area contributed by atoms with Crippen molar-refractivity contribution in [2.45, 2.75) is 44.7 Å². The highest BCUT2D eigenvalue weighted by atomic mass is 32.2. The van der Waals surface area contributed by atoms with Gasteiger partial charge in [0.05, 0.1) is 22.4 Å². The minimum Gasteiger partial charge on any atom is -0.342 e. The topological polar surface area (TPSA) is 92.2 Å². The van der Waals surface area contributed by atoms with Gasteiger partial charge in [-0.05, 0) is 43.6 Å². The zero-order valence-corrected chi connectivity index (χ0v) is 17.5. The van der Waals surface area contributed by atoms with Crippen LogP contribution in [0.15, 0.2) is 29.1 Å². The molecule has 152 valence electrons. The smallest absolute Gasteiger partial charge is 0.262 e. The third-order valence-electron chi connectivity index (χ3n) is 5.31. The van der Waals surface area contributed by atoms with Crippen LogP contribution in [-0.4, -0.2) is 53.4 Å². The second-order valence-electron chi connectivity index (χ2n) is 7.30. The first-order chi connectivity index (χ1) is 13.3. The number of para-hydroxylation sites is 1. The fourth-order valence-electron chi connectivity index (χ4n) is 3.59. The minimum atomic E-state index is -3.00. The number of hydrogen-bond donors (Lipinski definition) is 1. The quantitative estimate of drug-likeness (QED) is 0.545. The number of aromatic nitrogens is 2. The molecule has 0 aliphatic carbocycles. The van der Waals surface area contributed by atoms with Crippen molar-refractivity contribution in [3.8, 4) is 0 Å². The number of hydrogen-bond acceptors (Lipinski definition) is 5. The monoisotopic (exact) mass is 423 g/mol. The molecule has 3 rings (SSSR count). The van der Waals surface area contributed by atoms with Gasteiger partial charge in [0.1, 0.15) is 0 Å². The fourth-order valence-corrected chi connectivity index (χ4v) is 5.64. The molecule has 2 heterocycles. The van der Waals surface area contributed by atoms with Crippen molar-refractivity contribution >= 4 is 38.9 Å². The number of sulfone groups is 1. The molecule has 0 bridgehead atoms. The Kier molecular flexibility index (Phi) is 6.34. The first-order valence-corrected chi connectivity index (χ1v) is 11.7. The molecule has 0 saturated carbocycles. The molecule has 2 aromatic rings. The number of unbranched alkanes of at least 4 members (excludes halogenated alkanes) is 2. The molecular weight excluding hydrogens is 398 g/mol. The molecule has 1 aliphatic heterocycles. The van der Waals surface area contributed by atoms with Gasteiger partial charge in [0, 0.05) is 26.1 Å². The van der Waals surface area contributed by atoms with Gasteiger partial charge < -0.3 is 9.88 Å². The van der Waals surface area contributed by atoms with Crippen LogP contribution in [0.5, 0.6) is 0 Å². The Morgan fingerprint density at radius 2 is 2.04 bits per heavy atom. The first-order valence-electron chi connectivity index (χ1n) is 9.46. The summed E-state index contributed by atoms with van der Waals surface area (Å²) in [6, 6.07) is 7.08. The lowest BCUT2D eigenvalue weighted by atomic mass is 10.1. The molecule has 1 saturated heterocycles. The van der Waals surface area contributed by atoms with Gasteiger partial charge in [-0.2, -0.15) is 0 Å². The standard InChI is InChI=1S/C19H25N3O4S2/c1-21(14-10-12-28(25,26)13-14)17(23)9-3-2-6-11-22-18(24)15-7-4-5-8-16(15)20-19(22)27/h4-5,7-8,14H,2-3,6,9-13H2,1H3,(H,20,27). The maximum Gasteiger partial charge on any atom is 0.262 e. The van der Waals surface area contributed by atoms with Gasteiger partial charge in [0.25, 0.3) is 5.56 Å². The van der Waals surface area contributed by atoms with Crippen LogP contribution in [0, 0.1) is 4.77 Å². The van der Waals surface area contributed by atoms with E-state index in [1.54, 1.807) is 22.6 Å². The van der Waals surface area contributed by atoms with E-state index in [1.165, 1.54) is 0 Å². The molecule has 1 N–H and O–H groups in total. The molecule has 1 aromatic carbocycles. The van der Waals surface area contributed by atoms with Crippen LogP contribution < -0.4 is 5.56 Å². The van der Waals surface area contributed by atoms with Crippen molar-refractivity contribution < 1.29 is 13.2 Å². The van der Waals surface area contributed by atoms with Crippen molar-refractivity contribution in [1.29, 1.82) is 0 Å². The van der Waals surface area contributed by atoms with E-state index in [4.69, 9.17) is 12.2 Å². The number of amides is 1. The summed E-state index contributed by atoms with van der Waals surface area (Å²) in [6.07, 6.45) is 3.13. The van der Waals surface area contributed by atoms with Gasteiger partial charge in [-0.15, -0.1) is 0 Å². The molecule has 28 heavy (non-hydrogen) atoms. The maximum atomic E-state index is 12.6. The maximum absolute atomic E-state index is 12.6. The highest BCUT2D eigenvalue weighted by Gasteiger charge is 2.32. The Labute approximate surface area is 169 Å². The van der Waals surface area contributed by atoms with Gasteiger partial charge in [-0.25, -0.2) is 8.42 Å². The third-order valence-corrected chi connectivity index (χ3v) is 7.38. The number of carbonyl (C=O) groups excluding carboxylic acids is 1. The molecule has 1 amide bonds. The van der Waals surface area contributed by atoms with E-state index < -0.39 is 9.84 Å². The SMILES string of the molecule is CN(C(=O)CCCCCn1c(=S)[nH]c2ccccc2c1=O)C1CCS(=O)(=O)C1. The molecule has 0 radical (unpaired) electrons. The summed E-state index contributed by atoms with van der Waals surface area (Å²) < 4.78 is 25.1. The van der Waals surface area contributed by atoms with E-state index in [0.29, 0.717) is 36.0 Å². The second-order valence-corrected chi connectivity index (χ2v) is 9.92. The van der Waals surface area contributed by atoms with E-state index in [0.717, 1.165) is 18.4 Å². The zero-order chi connectivity index (χ0) is 20.3. The Balaban J connectivity index is 1.49. The van der Waals surface area contributed by atoms with E-state index >= 15 is 0 Å². The zero-order valence-electron chi connectivity index (χ0n) is 15.9. The summed E-state index contributed by atoms with van der Waals surface area (Å²) in [5.74, 6) is 0.205. The molecule has 9 heteroatoms. The van der Waals surface area contributed by atoms with Crippen LogP contribution in [0.3, 0.4) is 0 Å². The average molecular weight is 424 g/mol. The Morgan fingerprint density at radius 3 is 2.75 bits per heavy atom. The van der Waals surface area contributed by atoms with E-state index in [2.05, 4.69) is 4.98 Å². The molecule has 1 atom stereocenters. The lowest BCUT2D eigenvalue weighted by Gasteiger charge is -2.23. The normalized spacial score (nSPS) is 18.4. The van der Waals surface area contributed by atoms with Gasteiger partial charge in [0.2, 0.25) is 5.91 Å². The van der Waals surface area contributed by atoms with Crippen molar-refractivity contribution in [2.75, 3.05) is 18.6 Å². The van der Waals surface area contributed by atoms with Crippen molar-refractivity contribution in [2.24, 2.45) is 0 Å². The largest absolute Gasteiger partial charge is 0.342 e. The Hall–Kier alpha value is -2.00. The Morgan fingerprint density at radius 1 is 1.29 bits per heavy atom. The number of rotatable bonds is 7. The summed E-state index contributed by atoms with van der Waals surface area (Å²) in [7, 11) is -1.31. The predicted molar refractivity (Wildman–Crippen MR) is 112 cm³/mol. The summed E-state index contributed by atoms with van der Waals surface area (Å²) >= 11 is 5.30. The molecular formula is C19H25N3O4S2. The van der Waals surface area contributed by atoms with Crippen molar-refractivity contribution in [3.05, 3.63) is 39.4 Å².